The van der Waals surface area contributed by atoms with Gasteiger partial charge in [-0.1, -0.05) is 87.9 Å². The van der Waals surface area contributed by atoms with Gasteiger partial charge in [0.15, 0.2) is 0 Å². The maximum Gasteiger partial charge on any atom is 0.264 e. The van der Waals surface area contributed by atoms with Crippen molar-refractivity contribution in [2.45, 2.75) is 83.8 Å². The van der Waals surface area contributed by atoms with E-state index in [1.165, 1.54) is 4.90 Å². The van der Waals surface area contributed by atoms with E-state index in [4.69, 9.17) is 0 Å². The van der Waals surface area contributed by atoms with Crippen molar-refractivity contribution in [2.75, 3.05) is 10.8 Å². The van der Waals surface area contributed by atoms with Crippen molar-refractivity contribution in [1.29, 1.82) is 0 Å². The smallest absolute Gasteiger partial charge is 0.264 e. The van der Waals surface area contributed by atoms with Gasteiger partial charge < -0.3 is 10.2 Å². The quantitative estimate of drug-likeness (QED) is 0.269. The minimum absolute atomic E-state index is 0.0527. The summed E-state index contributed by atoms with van der Waals surface area (Å²) >= 11 is 0. The number of sulfonamides is 1. The zero-order valence-electron chi connectivity index (χ0n) is 25.0. The lowest BCUT2D eigenvalue weighted by Crippen LogP contribution is -2.53. The van der Waals surface area contributed by atoms with E-state index >= 15 is 0 Å². The zero-order chi connectivity index (χ0) is 30.2. The molecule has 220 valence electrons. The van der Waals surface area contributed by atoms with Crippen LogP contribution in [0.25, 0.3) is 0 Å². The first kappa shape index (κ1) is 31.9. The molecule has 2 amide bonds. The number of benzene rings is 3. The van der Waals surface area contributed by atoms with Crippen LogP contribution in [0.3, 0.4) is 0 Å². The molecule has 0 aliphatic rings. The summed E-state index contributed by atoms with van der Waals surface area (Å²) in [5.41, 5.74) is 3.23. The molecule has 0 saturated carbocycles. The number of carbonyl (C=O) groups excluding carboxylic acids is 2. The second-order valence-corrected chi connectivity index (χ2v) is 12.7. The van der Waals surface area contributed by atoms with E-state index in [9.17, 15) is 18.0 Å². The van der Waals surface area contributed by atoms with Crippen LogP contribution in [0, 0.1) is 6.92 Å². The molecule has 3 rings (SSSR count). The van der Waals surface area contributed by atoms with Crippen LogP contribution in [0.5, 0.6) is 0 Å². The Kier molecular flexibility index (Phi) is 11.1. The predicted molar refractivity (Wildman–Crippen MR) is 165 cm³/mol. The maximum absolute atomic E-state index is 14.1. The minimum atomic E-state index is -4.10. The molecule has 0 bridgehead atoms. The Bertz CT molecular complexity index is 1390. The molecule has 0 radical (unpaired) electrons. The summed E-state index contributed by atoms with van der Waals surface area (Å²) in [6, 6.07) is 22.5. The van der Waals surface area contributed by atoms with Gasteiger partial charge in [0.05, 0.1) is 10.6 Å². The third-order valence-electron chi connectivity index (χ3n) is 7.32. The maximum atomic E-state index is 14.1. The van der Waals surface area contributed by atoms with E-state index in [1.54, 1.807) is 36.4 Å². The van der Waals surface area contributed by atoms with E-state index in [1.807, 2.05) is 70.2 Å². The van der Waals surface area contributed by atoms with E-state index in [0.717, 1.165) is 27.4 Å². The van der Waals surface area contributed by atoms with Crippen molar-refractivity contribution in [3.63, 3.8) is 0 Å². The van der Waals surface area contributed by atoms with Crippen molar-refractivity contribution < 1.29 is 18.0 Å². The van der Waals surface area contributed by atoms with Gasteiger partial charge in [0, 0.05) is 12.6 Å². The third kappa shape index (κ3) is 8.19. The standard InChI is InChI=1S/C33H43N3O4S/c1-7-26(6)34-33(38)31(8-2)35(22-27-12-10-9-11-13-27)32(37)23-36(29-18-16-28(17-19-29)24(3)4)41(39,40)30-20-14-25(5)15-21-30/h9-21,24,26,31H,7-8,22-23H2,1-6H3,(H,34,38)/t26-,31-/m1/s1. The van der Waals surface area contributed by atoms with Gasteiger partial charge >= 0.3 is 0 Å². The van der Waals surface area contributed by atoms with Gasteiger partial charge in [-0.3, -0.25) is 13.9 Å². The molecule has 0 aliphatic heterocycles. The summed E-state index contributed by atoms with van der Waals surface area (Å²) < 4.78 is 29.2. The van der Waals surface area contributed by atoms with Gasteiger partial charge in [-0.25, -0.2) is 8.42 Å². The molecule has 0 saturated heterocycles. The highest BCUT2D eigenvalue weighted by atomic mass is 32.2. The average Bonchev–Trinajstić information content (AvgIpc) is 2.96. The topological polar surface area (TPSA) is 86.8 Å². The number of amides is 2. The fourth-order valence-electron chi connectivity index (χ4n) is 4.53. The first-order chi connectivity index (χ1) is 19.5. The highest BCUT2D eigenvalue weighted by Gasteiger charge is 2.34. The number of hydrogen-bond acceptors (Lipinski definition) is 4. The molecule has 0 spiro atoms. The Morgan fingerprint density at radius 1 is 0.829 bits per heavy atom. The SMILES string of the molecule is CC[C@@H](C)NC(=O)[C@@H](CC)N(Cc1ccccc1)C(=O)CN(c1ccc(C(C)C)cc1)S(=O)(=O)c1ccc(C)cc1. The summed E-state index contributed by atoms with van der Waals surface area (Å²) in [7, 11) is -4.10. The zero-order valence-corrected chi connectivity index (χ0v) is 25.8. The Morgan fingerprint density at radius 3 is 1.98 bits per heavy atom. The molecule has 8 heteroatoms. The van der Waals surface area contributed by atoms with Crippen LogP contribution in [0.2, 0.25) is 0 Å². The van der Waals surface area contributed by atoms with Crippen LogP contribution in [-0.2, 0) is 26.2 Å². The van der Waals surface area contributed by atoms with Crippen LogP contribution < -0.4 is 9.62 Å². The van der Waals surface area contributed by atoms with Crippen molar-refractivity contribution in [1.82, 2.24) is 10.2 Å². The van der Waals surface area contributed by atoms with Crippen molar-refractivity contribution >= 4 is 27.5 Å². The molecule has 0 fully saturated rings. The highest BCUT2D eigenvalue weighted by molar-refractivity contribution is 7.92. The second-order valence-electron chi connectivity index (χ2n) is 10.8. The number of hydrogen-bond donors (Lipinski definition) is 1. The Morgan fingerprint density at radius 2 is 1.44 bits per heavy atom. The van der Waals surface area contributed by atoms with Crippen LogP contribution >= 0.6 is 0 Å². The number of nitrogens with one attached hydrogen (secondary N) is 1. The molecule has 41 heavy (non-hydrogen) atoms. The molecule has 0 aromatic heterocycles. The Hall–Kier alpha value is -3.65. The van der Waals surface area contributed by atoms with Crippen LogP contribution in [0.15, 0.2) is 83.8 Å². The first-order valence-corrected chi connectivity index (χ1v) is 15.7. The third-order valence-corrected chi connectivity index (χ3v) is 9.11. The van der Waals surface area contributed by atoms with Gasteiger partial charge in [0.2, 0.25) is 11.8 Å². The number of aryl methyl sites for hydroxylation is 1. The van der Waals surface area contributed by atoms with Crippen molar-refractivity contribution in [3.8, 4) is 0 Å². The van der Waals surface area contributed by atoms with Crippen LogP contribution in [0.1, 0.15) is 70.1 Å². The molecule has 3 aromatic carbocycles. The Labute approximate surface area is 245 Å². The number of rotatable bonds is 13. The van der Waals surface area contributed by atoms with Crippen LogP contribution in [-0.4, -0.2) is 43.8 Å². The van der Waals surface area contributed by atoms with Crippen LogP contribution in [0.4, 0.5) is 5.69 Å². The molecule has 0 unspecified atom stereocenters. The molecule has 0 heterocycles. The van der Waals surface area contributed by atoms with Gasteiger partial charge in [-0.05, 0) is 68.0 Å². The fourth-order valence-corrected chi connectivity index (χ4v) is 5.95. The molecule has 2 atom stereocenters. The Balaban J connectivity index is 2.06. The van der Waals surface area contributed by atoms with E-state index in [0.29, 0.717) is 12.1 Å². The fraction of sp³-hybridized carbons (Fsp3) is 0.394. The number of anilines is 1. The normalized spacial score (nSPS) is 13.0. The lowest BCUT2D eigenvalue weighted by molar-refractivity contribution is -0.140. The lowest BCUT2D eigenvalue weighted by Gasteiger charge is -2.33. The highest BCUT2D eigenvalue weighted by Crippen LogP contribution is 2.27. The lowest BCUT2D eigenvalue weighted by atomic mass is 10.0. The van der Waals surface area contributed by atoms with E-state index in [-0.39, 0.29) is 29.3 Å². The van der Waals surface area contributed by atoms with Gasteiger partial charge in [0.1, 0.15) is 12.6 Å². The van der Waals surface area contributed by atoms with E-state index < -0.39 is 28.5 Å². The predicted octanol–water partition coefficient (Wildman–Crippen LogP) is 6.04. The second kappa shape index (κ2) is 14.3. The van der Waals surface area contributed by atoms with Gasteiger partial charge in [0.25, 0.3) is 10.0 Å². The number of carbonyl (C=O) groups is 2. The summed E-state index contributed by atoms with van der Waals surface area (Å²) in [5, 5.41) is 3.00. The minimum Gasteiger partial charge on any atom is -0.352 e. The summed E-state index contributed by atoms with van der Waals surface area (Å²) in [4.78, 5) is 29.1. The molecular formula is C33H43N3O4S. The summed E-state index contributed by atoms with van der Waals surface area (Å²) in [6.45, 7) is 11.5. The molecule has 3 aromatic rings. The largest absolute Gasteiger partial charge is 0.352 e. The van der Waals surface area contributed by atoms with E-state index in [2.05, 4.69) is 19.2 Å². The molecular weight excluding hydrogens is 534 g/mol. The molecule has 0 aliphatic carbocycles. The first-order valence-electron chi connectivity index (χ1n) is 14.3. The van der Waals surface area contributed by atoms with Gasteiger partial charge in [-0.15, -0.1) is 0 Å². The molecule has 7 nitrogen and oxygen atoms in total. The molecule has 1 N–H and O–H groups in total. The van der Waals surface area contributed by atoms with Crippen molar-refractivity contribution in [2.24, 2.45) is 0 Å². The average molecular weight is 578 g/mol. The summed E-state index contributed by atoms with van der Waals surface area (Å²) in [6.07, 6.45) is 1.14. The van der Waals surface area contributed by atoms with Crippen molar-refractivity contribution in [3.05, 3.63) is 95.6 Å². The monoisotopic (exact) mass is 577 g/mol. The summed E-state index contributed by atoms with van der Waals surface area (Å²) in [5.74, 6) is -0.437. The van der Waals surface area contributed by atoms with Gasteiger partial charge in [-0.2, -0.15) is 0 Å². The number of nitrogens with zero attached hydrogens (tertiary/aromatic N) is 2.